The second-order valence-electron chi connectivity index (χ2n) is 14.2. The number of carbonyl (C=O) groups excluding carboxylic acids is 3. The molecule has 0 aliphatic heterocycles. The molecule has 56 heavy (non-hydrogen) atoms. The van der Waals surface area contributed by atoms with Gasteiger partial charge in [-0.15, -0.1) is 0 Å². The summed E-state index contributed by atoms with van der Waals surface area (Å²) in [5.74, 6) is -1.04. The molecule has 0 bridgehead atoms. The van der Waals surface area contributed by atoms with Crippen molar-refractivity contribution in [2.45, 2.75) is 187 Å². The minimum atomic E-state index is -0.824. The highest BCUT2D eigenvalue weighted by Gasteiger charge is 2.19. The van der Waals surface area contributed by atoms with Crippen molar-refractivity contribution in [3.8, 4) is 0 Å². The lowest BCUT2D eigenvalue weighted by Gasteiger charge is -2.18. The fourth-order valence-electron chi connectivity index (χ4n) is 5.53. The minimum Gasteiger partial charge on any atom is -0.462 e. The molecule has 0 saturated heterocycles. The van der Waals surface area contributed by atoms with Crippen LogP contribution in [0.4, 0.5) is 0 Å². The van der Waals surface area contributed by atoms with Crippen molar-refractivity contribution in [2.75, 3.05) is 13.2 Å². The molecule has 0 radical (unpaired) electrons. The van der Waals surface area contributed by atoms with Gasteiger partial charge in [-0.05, 0) is 96.3 Å². The van der Waals surface area contributed by atoms with E-state index in [1.165, 1.54) is 12.8 Å². The summed E-state index contributed by atoms with van der Waals surface area (Å²) in [4.78, 5) is 37.7. The van der Waals surface area contributed by atoms with Gasteiger partial charge in [0.2, 0.25) is 0 Å². The zero-order chi connectivity index (χ0) is 40.8. The van der Waals surface area contributed by atoms with E-state index in [4.69, 9.17) is 14.2 Å². The summed E-state index contributed by atoms with van der Waals surface area (Å²) >= 11 is 0. The van der Waals surface area contributed by atoms with Gasteiger partial charge in [0.05, 0.1) is 0 Å². The van der Waals surface area contributed by atoms with Crippen molar-refractivity contribution in [1.82, 2.24) is 0 Å². The van der Waals surface area contributed by atoms with Crippen LogP contribution in [0.3, 0.4) is 0 Å². The Bertz CT molecular complexity index is 1170. The lowest BCUT2D eigenvalue weighted by atomic mass is 10.1. The summed E-state index contributed by atoms with van der Waals surface area (Å²) < 4.78 is 16.6. The number of unbranched alkanes of at least 4 members (excludes halogenated alkanes) is 11. The summed E-state index contributed by atoms with van der Waals surface area (Å²) in [6.45, 7) is 6.23. The van der Waals surface area contributed by atoms with Crippen LogP contribution in [0.1, 0.15) is 181 Å². The fraction of sp³-hybridized carbons (Fsp3) is 0.620. The molecule has 0 rings (SSSR count). The lowest BCUT2D eigenvalue weighted by molar-refractivity contribution is -0.166. The first-order chi connectivity index (χ1) is 27.5. The van der Waals surface area contributed by atoms with Crippen LogP contribution in [0.15, 0.2) is 97.2 Å². The Balaban J connectivity index is 4.52. The van der Waals surface area contributed by atoms with Crippen molar-refractivity contribution in [2.24, 2.45) is 0 Å². The zero-order valence-corrected chi connectivity index (χ0v) is 35.9. The Hall–Kier alpha value is -3.67. The third kappa shape index (κ3) is 41.5. The van der Waals surface area contributed by atoms with Gasteiger partial charge in [-0.2, -0.15) is 0 Å². The first-order valence-electron chi connectivity index (χ1n) is 22.2. The first-order valence-corrected chi connectivity index (χ1v) is 22.2. The van der Waals surface area contributed by atoms with Crippen molar-refractivity contribution in [1.29, 1.82) is 0 Å². The number of hydrogen-bond acceptors (Lipinski definition) is 6. The van der Waals surface area contributed by atoms with Crippen LogP contribution in [0.5, 0.6) is 0 Å². The quantitative estimate of drug-likeness (QED) is 0.0269. The number of hydrogen-bond donors (Lipinski definition) is 0. The molecular weight excluding hydrogens is 697 g/mol. The van der Waals surface area contributed by atoms with Crippen LogP contribution >= 0.6 is 0 Å². The number of rotatable bonds is 38. The monoisotopic (exact) mass is 777 g/mol. The van der Waals surface area contributed by atoms with Gasteiger partial charge in [0.25, 0.3) is 0 Å². The molecule has 0 spiro atoms. The predicted octanol–water partition coefficient (Wildman–Crippen LogP) is 14.2. The second-order valence-corrected chi connectivity index (χ2v) is 14.2. The smallest absolute Gasteiger partial charge is 0.306 e. The summed E-state index contributed by atoms with van der Waals surface area (Å²) in [5.41, 5.74) is 0. The largest absolute Gasteiger partial charge is 0.462 e. The molecule has 6 nitrogen and oxygen atoms in total. The van der Waals surface area contributed by atoms with E-state index in [1.54, 1.807) is 0 Å². The van der Waals surface area contributed by atoms with Crippen LogP contribution in [0.25, 0.3) is 0 Å². The van der Waals surface area contributed by atoms with Gasteiger partial charge in [0, 0.05) is 19.3 Å². The molecule has 0 saturated carbocycles. The maximum Gasteiger partial charge on any atom is 0.306 e. The maximum atomic E-state index is 12.7. The minimum absolute atomic E-state index is 0.118. The molecule has 0 aromatic carbocycles. The van der Waals surface area contributed by atoms with E-state index in [1.807, 2.05) is 12.2 Å². The number of carbonyl (C=O) groups is 3. The van der Waals surface area contributed by atoms with E-state index < -0.39 is 12.1 Å². The van der Waals surface area contributed by atoms with Crippen molar-refractivity contribution < 1.29 is 28.6 Å². The van der Waals surface area contributed by atoms with E-state index in [2.05, 4.69) is 106 Å². The third-order valence-electron chi connectivity index (χ3n) is 8.80. The van der Waals surface area contributed by atoms with Crippen molar-refractivity contribution >= 4 is 17.9 Å². The standard InChI is InChI=1S/C50H80O6/c1-4-7-10-13-16-19-22-24-25-27-28-31-34-37-40-43-49(52)55-46-47(45-54-48(51)42-39-36-33-30-21-18-15-12-9-6-3)56-50(53)44-41-38-35-32-29-26-23-20-17-14-11-8-5-2/h7-8,10-12,15-17,19-20,24-26,29,35,38,47H,4-6,9,13-14,18,21-23,27-28,30-34,36-37,39-46H2,1-3H3/b10-7-,11-8-,15-12-,19-16-,20-17-,25-24-,29-26-,38-35-. The molecule has 0 fully saturated rings. The molecular formula is C50H80O6. The van der Waals surface area contributed by atoms with Crippen molar-refractivity contribution in [3.63, 3.8) is 0 Å². The Labute approximate surface area is 343 Å². The molecule has 0 aliphatic rings. The van der Waals surface area contributed by atoms with Gasteiger partial charge in [0.1, 0.15) is 13.2 Å². The SMILES string of the molecule is CC/C=C\C/C=C\C/C=C\C/C=C\CCC(=O)OC(COC(=O)CCCCCCC/C=C\C/C=C\C/C=C\CC)COC(=O)CCCCCCC/C=C\CCC. The molecule has 0 aliphatic carbocycles. The normalized spacial score (nSPS) is 13.0. The summed E-state index contributed by atoms with van der Waals surface area (Å²) in [6.07, 6.45) is 56.9. The van der Waals surface area contributed by atoms with Gasteiger partial charge < -0.3 is 14.2 Å². The molecule has 316 valence electrons. The highest BCUT2D eigenvalue weighted by molar-refractivity contribution is 5.71. The van der Waals surface area contributed by atoms with Gasteiger partial charge in [-0.1, -0.05) is 163 Å². The summed E-state index contributed by atoms with van der Waals surface area (Å²) in [7, 11) is 0. The van der Waals surface area contributed by atoms with Gasteiger partial charge in [-0.3, -0.25) is 14.4 Å². The Morgan fingerprint density at radius 1 is 0.375 bits per heavy atom. The van der Waals surface area contributed by atoms with E-state index in [0.29, 0.717) is 19.3 Å². The van der Waals surface area contributed by atoms with E-state index in [-0.39, 0.29) is 31.6 Å². The average Bonchev–Trinajstić information content (AvgIpc) is 3.19. The molecule has 6 heteroatoms. The van der Waals surface area contributed by atoms with E-state index >= 15 is 0 Å². The molecule has 0 aromatic rings. The van der Waals surface area contributed by atoms with E-state index in [0.717, 1.165) is 122 Å². The van der Waals surface area contributed by atoms with Gasteiger partial charge >= 0.3 is 17.9 Å². The second kappa shape index (κ2) is 44.0. The predicted molar refractivity (Wildman–Crippen MR) is 237 cm³/mol. The van der Waals surface area contributed by atoms with Crippen LogP contribution in [-0.4, -0.2) is 37.2 Å². The highest BCUT2D eigenvalue weighted by Crippen LogP contribution is 2.11. The fourth-order valence-corrected chi connectivity index (χ4v) is 5.53. The number of allylic oxidation sites excluding steroid dienone is 16. The number of esters is 3. The number of ether oxygens (including phenoxy) is 3. The Morgan fingerprint density at radius 3 is 1.18 bits per heavy atom. The van der Waals surface area contributed by atoms with Gasteiger partial charge in [-0.25, -0.2) is 0 Å². The lowest BCUT2D eigenvalue weighted by Crippen LogP contribution is -2.30. The first kappa shape index (κ1) is 52.3. The molecule has 0 aromatic heterocycles. The Morgan fingerprint density at radius 2 is 0.732 bits per heavy atom. The average molecular weight is 777 g/mol. The molecule has 1 unspecified atom stereocenters. The molecule has 1 atom stereocenters. The van der Waals surface area contributed by atoms with Crippen molar-refractivity contribution in [3.05, 3.63) is 97.2 Å². The molecule has 0 amide bonds. The summed E-state index contributed by atoms with van der Waals surface area (Å²) in [6, 6.07) is 0. The van der Waals surface area contributed by atoms with Crippen LogP contribution < -0.4 is 0 Å². The maximum absolute atomic E-state index is 12.7. The van der Waals surface area contributed by atoms with Crippen LogP contribution in [0.2, 0.25) is 0 Å². The highest BCUT2D eigenvalue weighted by atomic mass is 16.6. The third-order valence-corrected chi connectivity index (χ3v) is 8.80. The topological polar surface area (TPSA) is 78.9 Å². The molecule has 0 heterocycles. The Kier molecular flexibility index (Phi) is 41.2. The zero-order valence-electron chi connectivity index (χ0n) is 35.9. The van der Waals surface area contributed by atoms with Gasteiger partial charge in [0.15, 0.2) is 6.10 Å². The van der Waals surface area contributed by atoms with E-state index in [9.17, 15) is 14.4 Å². The van der Waals surface area contributed by atoms with Crippen LogP contribution in [0, 0.1) is 0 Å². The molecule has 0 N–H and O–H groups in total. The summed E-state index contributed by atoms with van der Waals surface area (Å²) in [5, 5.41) is 0. The van der Waals surface area contributed by atoms with Crippen LogP contribution in [-0.2, 0) is 28.6 Å².